The molecule has 8 heteroatoms. The predicted molar refractivity (Wildman–Crippen MR) is 90.9 cm³/mol. The van der Waals surface area contributed by atoms with Crippen LogP contribution < -0.4 is 5.56 Å². The highest BCUT2D eigenvalue weighted by atomic mass is 32.2. The summed E-state index contributed by atoms with van der Waals surface area (Å²) in [4.78, 5) is 29.3. The zero-order valence-corrected chi connectivity index (χ0v) is 14.1. The van der Waals surface area contributed by atoms with Crippen molar-refractivity contribution in [1.82, 2.24) is 9.38 Å². The van der Waals surface area contributed by atoms with Crippen LogP contribution in [0.4, 0.5) is 4.39 Å². The molecule has 0 bridgehead atoms. The molecular formula is C16H13FN2O3S2. The topological polar surface area (TPSA) is 60.7 Å². The Morgan fingerprint density at radius 2 is 2.12 bits per heavy atom. The third-order valence-corrected chi connectivity index (χ3v) is 4.90. The molecule has 1 aromatic carbocycles. The van der Waals surface area contributed by atoms with Crippen LogP contribution in [-0.2, 0) is 16.1 Å². The first-order valence-corrected chi connectivity index (χ1v) is 8.98. The van der Waals surface area contributed by atoms with E-state index in [9.17, 15) is 14.0 Å². The Labute approximate surface area is 145 Å². The number of thiazole rings is 1. The highest BCUT2D eigenvalue weighted by Gasteiger charge is 2.08. The highest BCUT2D eigenvalue weighted by molar-refractivity contribution is 7.99. The fraction of sp³-hybridized carbons (Fsp3) is 0.188. The Bertz CT molecular complexity index is 906. The number of halogens is 1. The summed E-state index contributed by atoms with van der Waals surface area (Å²) in [5.74, 6) is -0.118. The van der Waals surface area contributed by atoms with Crippen LogP contribution in [0.2, 0.25) is 0 Å². The Morgan fingerprint density at radius 1 is 1.33 bits per heavy atom. The molecule has 3 aromatic rings. The van der Waals surface area contributed by atoms with E-state index in [4.69, 9.17) is 4.74 Å². The van der Waals surface area contributed by atoms with E-state index in [0.717, 1.165) is 4.90 Å². The summed E-state index contributed by atoms with van der Waals surface area (Å²) in [6.45, 7) is -0.0241. The number of carbonyl (C=O) groups is 1. The SMILES string of the molecule is O=C(CCSc1ccc(F)cc1)OCc1cc(=O)n2ccsc2n1. The molecule has 0 aliphatic rings. The molecule has 0 radical (unpaired) electrons. The van der Waals surface area contributed by atoms with Gasteiger partial charge in [-0.2, -0.15) is 0 Å². The largest absolute Gasteiger partial charge is 0.459 e. The van der Waals surface area contributed by atoms with E-state index in [0.29, 0.717) is 16.4 Å². The third kappa shape index (κ3) is 4.21. The van der Waals surface area contributed by atoms with Crippen LogP contribution >= 0.6 is 23.1 Å². The summed E-state index contributed by atoms with van der Waals surface area (Å²) < 4.78 is 19.4. The van der Waals surface area contributed by atoms with Gasteiger partial charge in [0.2, 0.25) is 0 Å². The van der Waals surface area contributed by atoms with Gasteiger partial charge in [0, 0.05) is 28.3 Å². The fourth-order valence-corrected chi connectivity index (χ4v) is 3.54. The zero-order chi connectivity index (χ0) is 16.9. The average molecular weight is 364 g/mol. The molecule has 0 unspecified atom stereocenters. The lowest BCUT2D eigenvalue weighted by atomic mass is 10.4. The van der Waals surface area contributed by atoms with Crippen LogP contribution in [0.3, 0.4) is 0 Å². The molecule has 0 fully saturated rings. The maximum atomic E-state index is 12.8. The number of thioether (sulfide) groups is 1. The summed E-state index contributed by atoms with van der Waals surface area (Å²) in [5, 5.41) is 1.77. The van der Waals surface area contributed by atoms with Crippen molar-refractivity contribution in [1.29, 1.82) is 0 Å². The molecule has 0 atom stereocenters. The first-order chi connectivity index (χ1) is 11.6. The molecule has 2 heterocycles. The van der Waals surface area contributed by atoms with E-state index in [1.165, 1.54) is 45.7 Å². The number of hydrogen-bond donors (Lipinski definition) is 0. The lowest BCUT2D eigenvalue weighted by Gasteiger charge is -2.05. The van der Waals surface area contributed by atoms with Crippen molar-refractivity contribution in [2.75, 3.05) is 5.75 Å². The molecule has 0 aliphatic carbocycles. The molecular weight excluding hydrogens is 351 g/mol. The minimum Gasteiger partial charge on any atom is -0.459 e. The molecule has 0 spiro atoms. The number of aromatic nitrogens is 2. The summed E-state index contributed by atoms with van der Waals surface area (Å²) in [5.41, 5.74) is 0.237. The van der Waals surface area contributed by atoms with Crippen molar-refractivity contribution in [3.63, 3.8) is 0 Å². The molecule has 0 amide bonds. The summed E-state index contributed by atoms with van der Waals surface area (Å²) >= 11 is 2.79. The van der Waals surface area contributed by atoms with Crippen LogP contribution in [0.5, 0.6) is 0 Å². The number of esters is 1. The Kier molecular flexibility index (Phi) is 5.27. The quantitative estimate of drug-likeness (QED) is 0.497. The average Bonchev–Trinajstić information content (AvgIpc) is 3.04. The lowest BCUT2D eigenvalue weighted by molar-refractivity contribution is -0.144. The van der Waals surface area contributed by atoms with Crippen molar-refractivity contribution in [3.8, 4) is 0 Å². The second kappa shape index (κ2) is 7.59. The van der Waals surface area contributed by atoms with Gasteiger partial charge in [0.05, 0.1) is 12.1 Å². The zero-order valence-electron chi connectivity index (χ0n) is 12.5. The van der Waals surface area contributed by atoms with E-state index in [2.05, 4.69) is 4.98 Å². The second-order valence-electron chi connectivity index (χ2n) is 4.85. The Hall–Kier alpha value is -2.19. The maximum Gasteiger partial charge on any atom is 0.307 e. The molecule has 0 saturated carbocycles. The molecule has 24 heavy (non-hydrogen) atoms. The van der Waals surface area contributed by atoms with Crippen molar-refractivity contribution in [3.05, 3.63) is 63.8 Å². The van der Waals surface area contributed by atoms with Gasteiger partial charge >= 0.3 is 5.97 Å². The number of carbonyl (C=O) groups excluding carboxylic acids is 1. The minimum atomic E-state index is -0.363. The van der Waals surface area contributed by atoms with Crippen molar-refractivity contribution in [2.45, 2.75) is 17.9 Å². The minimum absolute atomic E-state index is 0.0241. The summed E-state index contributed by atoms with van der Waals surface area (Å²) in [7, 11) is 0. The smallest absolute Gasteiger partial charge is 0.307 e. The number of ether oxygens (including phenoxy) is 1. The third-order valence-electron chi connectivity index (χ3n) is 3.13. The van der Waals surface area contributed by atoms with E-state index in [1.54, 1.807) is 23.7 Å². The molecule has 2 aromatic heterocycles. The number of fused-ring (bicyclic) bond motifs is 1. The van der Waals surface area contributed by atoms with Gasteiger partial charge in [0.25, 0.3) is 5.56 Å². The van der Waals surface area contributed by atoms with Gasteiger partial charge in [-0.05, 0) is 24.3 Å². The van der Waals surface area contributed by atoms with Crippen LogP contribution in [0.1, 0.15) is 12.1 Å². The molecule has 0 aliphatic heterocycles. The first kappa shape index (κ1) is 16.7. The predicted octanol–water partition coefficient (Wildman–Crippen LogP) is 3.12. The van der Waals surface area contributed by atoms with Gasteiger partial charge in [0.15, 0.2) is 4.96 Å². The second-order valence-corrected chi connectivity index (χ2v) is 6.90. The first-order valence-electron chi connectivity index (χ1n) is 7.11. The Balaban J connectivity index is 1.48. The number of benzene rings is 1. The van der Waals surface area contributed by atoms with Crippen molar-refractivity contribution in [2.24, 2.45) is 0 Å². The summed E-state index contributed by atoms with van der Waals surface area (Å²) in [6, 6.07) is 7.45. The molecule has 3 rings (SSSR count). The Morgan fingerprint density at radius 3 is 2.92 bits per heavy atom. The lowest BCUT2D eigenvalue weighted by Crippen LogP contribution is -2.14. The summed E-state index contributed by atoms with van der Waals surface area (Å²) in [6.07, 6.45) is 1.88. The van der Waals surface area contributed by atoms with Gasteiger partial charge in [-0.15, -0.1) is 23.1 Å². The number of nitrogens with zero attached hydrogens (tertiary/aromatic N) is 2. The molecule has 0 saturated heterocycles. The van der Waals surface area contributed by atoms with E-state index in [-0.39, 0.29) is 30.4 Å². The van der Waals surface area contributed by atoms with E-state index in [1.807, 2.05) is 0 Å². The van der Waals surface area contributed by atoms with Crippen molar-refractivity contribution >= 4 is 34.0 Å². The van der Waals surface area contributed by atoms with E-state index >= 15 is 0 Å². The van der Waals surface area contributed by atoms with Crippen LogP contribution in [-0.4, -0.2) is 21.1 Å². The van der Waals surface area contributed by atoms with Gasteiger partial charge in [0.1, 0.15) is 12.4 Å². The van der Waals surface area contributed by atoms with E-state index < -0.39 is 0 Å². The van der Waals surface area contributed by atoms with Gasteiger partial charge in [-0.1, -0.05) is 0 Å². The van der Waals surface area contributed by atoms with Gasteiger partial charge in [-0.25, -0.2) is 9.37 Å². The molecule has 124 valence electrons. The van der Waals surface area contributed by atoms with Crippen LogP contribution in [0, 0.1) is 5.82 Å². The monoisotopic (exact) mass is 364 g/mol. The fourth-order valence-electron chi connectivity index (χ4n) is 1.97. The van der Waals surface area contributed by atoms with Crippen molar-refractivity contribution < 1.29 is 13.9 Å². The molecule has 5 nitrogen and oxygen atoms in total. The standard InChI is InChI=1S/C16H13FN2O3S2/c17-11-1-3-13(4-2-11)23-7-5-15(21)22-10-12-9-14(20)19-6-8-24-16(19)18-12/h1-4,6,8-9H,5,7,10H2. The highest BCUT2D eigenvalue weighted by Crippen LogP contribution is 2.19. The maximum absolute atomic E-state index is 12.8. The van der Waals surface area contributed by atoms with Gasteiger partial charge < -0.3 is 4.74 Å². The number of hydrogen-bond acceptors (Lipinski definition) is 6. The number of rotatable bonds is 6. The van der Waals surface area contributed by atoms with Gasteiger partial charge in [-0.3, -0.25) is 14.0 Å². The molecule has 0 N–H and O–H groups in total. The van der Waals surface area contributed by atoms with Crippen LogP contribution in [0.25, 0.3) is 4.96 Å². The van der Waals surface area contributed by atoms with Crippen LogP contribution in [0.15, 0.2) is 51.6 Å². The normalized spacial score (nSPS) is 10.9.